The highest BCUT2D eigenvalue weighted by atomic mass is 79.9. The zero-order chi connectivity index (χ0) is 14.0. The van der Waals surface area contributed by atoms with Gasteiger partial charge in [0.2, 0.25) is 0 Å². The van der Waals surface area contributed by atoms with E-state index in [1.165, 1.54) is 25.7 Å². The molecular weight excluding hydrogens is 345 g/mol. The molecule has 0 spiro atoms. The fraction of sp³-hybridized carbons (Fsp3) is 0.600. The Morgan fingerprint density at radius 1 is 1.11 bits per heavy atom. The van der Waals surface area contributed by atoms with Gasteiger partial charge in [-0.3, -0.25) is 0 Å². The highest BCUT2D eigenvalue weighted by molar-refractivity contribution is 9.10. The molecule has 1 aliphatic carbocycles. The van der Waals surface area contributed by atoms with Gasteiger partial charge in [-0.2, -0.15) is 0 Å². The average molecular weight is 365 g/mol. The first-order chi connectivity index (χ1) is 8.97. The number of halogens is 3. The highest BCUT2D eigenvalue weighted by Crippen LogP contribution is 2.37. The summed E-state index contributed by atoms with van der Waals surface area (Å²) < 4.78 is 0.913. The molecule has 1 aromatic carbocycles. The van der Waals surface area contributed by atoms with Crippen LogP contribution >= 0.6 is 39.1 Å². The summed E-state index contributed by atoms with van der Waals surface area (Å²) in [4.78, 5) is 0. The minimum Gasteiger partial charge on any atom is -0.380 e. The third-order valence-corrected chi connectivity index (χ3v) is 5.12. The van der Waals surface area contributed by atoms with Crippen molar-refractivity contribution in [2.75, 3.05) is 5.32 Å². The molecule has 0 unspecified atom stereocenters. The summed E-state index contributed by atoms with van der Waals surface area (Å²) in [5, 5.41) is 4.89. The fourth-order valence-corrected chi connectivity index (χ4v) is 4.13. The lowest BCUT2D eigenvalue weighted by Gasteiger charge is -2.32. The predicted molar refractivity (Wildman–Crippen MR) is 88.4 cm³/mol. The van der Waals surface area contributed by atoms with Crippen LogP contribution in [0.25, 0.3) is 0 Å². The molecule has 106 valence electrons. The van der Waals surface area contributed by atoms with E-state index in [4.69, 9.17) is 23.2 Å². The van der Waals surface area contributed by atoms with Gasteiger partial charge in [-0.05, 0) is 49.7 Å². The van der Waals surface area contributed by atoms with Gasteiger partial charge >= 0.3 is 0 Å². The van der Waals surface area contributed by atoms with E-state index in [0.29, 0.717) is 16.1 Å². The summed E-state index contributed by atoms with van der Waals surface area (Å²) >= 11 is 15.9. The van der Waals surface area contributed by atoms with Crippen LogP contribution in [0, 0.1) is 11.8 Å². The topological polar surface area (TPSA) is 12.0 Å². The Balaban J connectivity index is 2.00. The van der Waals surface area contributed by atoms with Gasteiger partial charge in [0.15, 0.2) is 0 Å². The quantitative estimate of drug-likeness (QED) is 0.655. The van der Waals surface area contributed by atoms with Crippen molar-refractivity contribution >= 4 is 44.8 Å². The van der Waals surface area contributed by atoms with Crippen LogP contribution in [0.3, 0.4) is 0 Å². The second-order valence-corrected chi connectivity index (χ2v) is 7.47. The number of hydrogen-bond donors (Lipinski definition) is 1. The Morgan fingerprint density at radius 3 is 2.11 bits per heavy atom. The number of hydrogen-bond acceptors (Lipinski definition) is 1. The molecule has 0 aromatic heterocycles. The number of benzene rings is 1. The summed E-state index contributed by atoms with van der Waals surface area (Å²) in [5.41, 5.74) is 0.875. The summed E-state index contributed by atoms with van der Waals surface area (Å²) in [5.74, 6) is 1.66. The van der Waals surface area contributed by atoms with E-state index in [-0.39, 0.29) is 0 Å². The lowest BCUT2D eigenvalue weighted by atomic mass is 9.79. The van der Waals surface area contributed by atoms with Crippen molar-refractivity contribution < 1.29 is 0 Å². The largest absolute Gasteiger partial charge is 0.380 e. The Bertz CT molecular complexity index is 417. The van der Waals surface area contributed by atoms with Gasteiger partial charge in [0.1, 0.15) is 0 Å². The summed E-state index contributed by atoms with van der Waals surface area (Å²) in [6.45, 7) is 4.64. The van der Waals surface area contributed by atoms with Crippen molar-refractivity contribution in [2.45, 2.75) is 45.6 Å². The smallest absolute Gasteiger partial charge is 0.0721 e. The molecule has 1 fully saturated rings. The van der Waals surface area contributed by atoms with Gasteiger partial charge in [-0.1, -0.05) is 53.0 Å². The second-order valence-electron chi connectivity index (χ2n) is 5.74. The minimum absolute atomic E-state index is 0.492. The molecule has 0 radical (unpaired) electrons. The average Bonchev–Trinajstić information content (AvgIpc) is 2.34. The van der Waals surface area contributed by atoms with Gasteiger partial charge in [0.25, 0.3) is 0 Å². The third-order valence-electron chi connectivity index (χ3n) is 4.07. The van der Waals surface area contributed by atoms with Crippen LogP contribution in [0.5, 0.6) is 0 Å². The van der Waals surface area contributed by atoms with E-state index in [0.717, 1.165) is 22.0 Å². The lowest BCUT2D eigenvalue weighted by molar-refractivity contribution is 0.267. The standard InChI is InChI=1S/C15H20BrCl2N/c1-9(2)10-3-5-12(6-4-10)19-15-13(17)7-11(16)8-14(15)18/h7-10,12,19H,3-6H2,1-2H3. The molecule has 4 heteroatoms. The van der Waals surface area contributed by atoms with Crippen molar-refractivity contribution in [1.29, 1.82) is 0 Å². The van der Waals surface area contributed by atoms with Crippen LogP contribution in [0.4, 0.5) is 5.69 Å². The molecular formula is C15H20BrCl2N. The molecule has 2 rings (SSSR count). The Hall–Kier alpha value is 0.0800. The first-order valence-corrected chi connectivity index (χ1v) is 8.43. The van der Waals surface area contributed by atoms with Gasteiger partial charge in [-0.15, -0.1) is 0 Å². The fourth-order valence-electron chi connectivity index (χ4n) is 2.81. The van der Waals surface area contributed by atoms with E-state index in [9.17, 15) is 0 Å². The van der Waals surface area contributed by atoms with Crippen molar-refractivity contribution in [3.8, 4) is 0 Å². The number of anilines is 1. The maximum atomic E-state index is 6.26. The summed E-state index contributed by atoms with van der Waals surface area (Å²) in [7, 11) is 0. The maximum absolute atomic E-state index is 6.26. The molecule has 0 atom stereocenters. The van der Waals surface area contributed by atoms with E-state index in [1.807, 2.05) is 12.1 Å². The summed E-state index contributed by atoms with van der Waals surface area (Å²) in [6.07, 6.45) is 4.99. The zero-order valence-corrected chi connectivity index (χ0v) is 14.4. The van der Waals surface area contributed by atoms with Gasteiger partial charge in [0, 0.05) is 10.5 Å². The van der Waals surface area contributed by atoms with Crippen LogP contribution in [-0.2, 0) is 0 Å². The highest BCUT2D eigenvalue weighted by Gasteiger charge is 2.24. The number of nitrogens with one attached hydrogen (secondary N) is 1. The van der Waals surface area contributed by atoms with Crippen LogP contribution in [-0.4, -0.2) is 6.04 Å². The number of rotatable bonds is 3. The van der Waals surface area contributed by atoms with Crippen molar-refractivity contribution in [1.82, 2.24) is 0 Å². The van der Waals surface area contributed by atoms with Crippen LogP contribution in [0.1, 0.15) is 39.5 Å². The van der Waals surface area contributed by atoms with Crippen molar-refractivity contribution in [3.63, 3.8) is 0 Å². The van der Waals surface area contributed by atoms with Gasteiger partial charge in [0.05, 0.1) is 15.7 Å². The molecule has 19 heavy (non-hydrogen) atoms. The van der Waals surface area contributed by atoms with Crippen LogP contribution < -0.4 is 5.32 Å². The normalized spacial score (nSPS) is 23.7. The second kappa shape index (κ2) is 6.69. The van der Waals surface area contributed by atoms with Crippen LogP contribution in [0.15, 0.2) is 16.6 Å². The Labute approximate surface area is 134 Å². The zero-order valence-electron chi connectivity index (χ0n) is 11.3. The third kappa shape index (κ3) is 4.03. The Morgan fingerprint density at radius 2 is 1.63 bits per heavy atom. The van der Waals surface area contributed by atoms with E-state index in [1.54, 1.807) is 0 Å². The molecule has 0 heterocycles. The van der Waals surface area contributed by atoms with Crippen molar-refractivity contribution in [3.05, 3.63) is 26.7 Å². The van der Waals surface area contributed by atoms with Crippen LogP contribution in [0.2, 0.25) is 10.0 Å². The van der Waals surface area contributed by atoms with E-state index >= 15 is 0 Å². The molecule has 0 aliphatic heterocycles. The Kier molecular flexibility index (Phi) is 5.45. The van der Waals surface area contributed by atoms with E-state index in [2.05, 4.69) is 35.1 Å². The lowest BCUT2D eigenvalue weighted by Crippen LogP contribution is -2.28. The molecule has 0 bridgehead atoms. The molecule has 0 saturated heterocycles. The van der Waals surface area contributed by atoms with Gasteiger partial charge < -0.3 is 5.32 Å². The molecule has 1 aromatic rings. The first kappa shape index (κ1) is 15.5. The first-order valence-electron chi connectivity index (χ1n) is 6.88. The van der Waals surface area contributed by atoms with Crippen molar-refractivity contribution in [2.24, 2.45) is 11.8 Å². The molecule has 1 nitrogen and oxygen atoms in total. The molecule has 1 aliphatic rings. The maximum Gasteiger partial charge on any atom is 0.0721 e. The van der Waals surface area contributed by atoms with Gasteiger partial charge in [-0.25, -0.2) is 0 Å². The molecule has 1 saturated carbocycles. The monoisotopic (exact) mass is 363 g/mol. The minimum atomic E-state index is 0.492. The SMILES string of the molecule is CC(C)C1CCC(Nc2c(Cl)cc(Br)cc2Cl)CC1. The summed E-state index contributed by atoms with van der Waals surface area (Å²) in [6, 6.07) is 4.26. The predicted octanol–water partition coefficient (Wildman–Crippen LogP) is 6.38. The molecule has 0 amide bonds. The van der Waals surface area contributed by atoms with E-state index < -0.39 is 0 Å². The molecule has 1 N–H and O–H groups in total.